The zero-order valence-corrected chi connectivity index (χ0v) is 22.2. The third-order valence-corrected chi connectivity index (χ3v) is 6.77. The molecule has 1 aliphatic rings. The van der Waals surface area contributed by atoms with Gasteiger partial charge in [-0.2, -0.15) is 39.5 Å². The van der Waals surface area contributed by atoms with Crippen LogP contribution in [0.1, 0.15) is 65.7 Å². The molecule has 42 heavy (non-hydrogen) atoms. The van der Waals surface area contributed by atoms with Crippen LogP contribution in [0, 0.1) is 5.82 Å². The molecule has 0 aliphatic carbocycles. The summed E-state index contributed by atoms with van der Waals surface area (Å²) >= 11 is 0. The normalized spacial score (nSPS) is 16.0. The number of nitrogens with zero attached hydrogens (tertiary/aromatic N) is 1. The van der Waals surface area contributed by atoms with Crippen molar-refractivity contribution < 1.29 is 53.5 Å². The third kappa shape index (κ3) is 6.65. The zero-order valence-electron chi connectivity index (χ0n) is 22.2. The van der Waals surface area contributed by atoms with Crippen molar-refractivity contribution in [1.29, 1.82) is 0 Å². The van der Waals surface area contributed by atoms with Gasteiger partial charge in [-0.15, -0.1) is 0 Å². The Hall–Kier alpha value is -3.77. The molecule has 0 spiro atoms. The first-order valence-corrected chi connectivity index (χ1v) is 12.5. The first-order valence-electron chi connectivity index (χ1n) is 12.5. The molecule has 13 heteroatoms. The molecular formula is C29H23F10NO2. The first kappa shape index (κ1) is 31.2. The highest BCUT2D eigenvalue weighted by molar-refractivity contribution is 5.90. The fourth-order valence-corrected chi connectivity index (χ4v) is 4.67. The van der Waals surface area contributed by atoms with Crippen molar-refractivity contribution in [1.82, 2.24) is 0 Å². The second kappa shape index (κ2) is 11.1. The SMILES string of the molecule is COc1cc(F)c(C(C)C)cc1-c1ccc(C(F)(F)F)cc1CC1=NO[C@H](c2cc(C(F)(F)F)cc(C(F)(F)F)c2)C1. The van der Waals surface area contributed by atoms with E-state index in [1.54, 1.807) is 13.8 Å². The van der Waals surface area contributed by atoms with E-state index >= 15 is 0 Å². The zero-order chi connectivity index (χ0) is 31.2. The Balaban J connectivity index is 1.73. The van der Waals surface area contributed by atoms with E-state index in [4.69, 9.17) is 9.57 Å². The van der Waals surface area contributed by atoms with Crippen LogP contribution in [0.2, 0.25) is 0 Å². The molecule has 1 heterocycles. The van der Waals surface area contributed by atoms with Crippen LogP contribution in [0.4, 0.5) is 43.9 Å². The Labute approximate surface area is 233 Å². The second-order valence-corrected chi connectivity index (χ2v) is 10.1. The van der Waals surface area contributed by atoms with Crippen molar-refractivity contribution in [2.24, 2.45) is 5.16 Å². The summed E-state index contributed by atoms with van der Waals surface area (Å²) in [6, 6.07) is 6.48. The lowest BCUT2D eigenvalue weighted by Crippen LogP contribution is -2.13. The lowest BCUT2D eigenvalue weighted by molar-refractivity contribution is -0.143. The number of hydrogen-bond donors (Lipinski definition) is 0. The van der Waals surface area contributed by atoms with E-state index < -0.39 is 52.7 Å². The van der Waals surface area contributed by atoms with E-state index in [1.807, 2.05) is 0 Å². The molecule has 3 nitrogen and oxygen atoms in total. The van der Waals surface area contributed by atoms with Crippen LogP contribution in [0.25, 0.3) is 11.1 Å². The van der Waals surface area contributed by atoms with Crippen LogP contribution in [0.5, 0.6) is 5.75 Å². The molecule has 0 N–H and O–H groups in total. The molecule has 3 aromatic carbocycles. The molecule has 0 saturated carbocycles. The smallest absolute Gasteiger partial charge is 0.416 e. The van der Waals surface area contributed by atoms with Crippen molar-refractivity contribution in [3.63, 3.8) is 0 Å². The molecule has 226 valence electrons. The molecule has 4 rings (SSSR count). The van der Waals surface area contributed by atoms with Gasteiger partial charge in [-0.05, 0) is 64.6 Å². The monoisotopic (exact) mass is 607 g/mol. The molecule has 1 aliphatic heterocycles. The average Bonchev–Trinajstić information content (AvgIpc) is 3.35. The lowest BCUT2D eigenvalue weighted by Gasteiger charge is -2.18. The molecule has 1 atom stereocenters. The van der Waals surface area contributed by atoms with Crippen LogP contribution in [-0.2, 0) is 29.8 Å². The number of methoxy groups -OCH3 is 1. The third-order valence-electron chi connectivity index (χ3n) is 6.77. The van der Waals surface area contributed by atoms with Gasteiger partial charge >= 0.3 is 18.5 Å². The van der Waals surface area contributed by atoms with E-state index in [0.717, 1.165) is 18.2 Å². The Kier molecular flexibility index (Phi) is 8.27. The number of hydrogen-bond acceptors (Lipinski definition) is 3. The number of rotatable bonds is 6. The maximum absolute atomic E-state index is 14.6. The molecule has 0 aromatic heterocycles. The largest absolute Gasteiger partial charge is 0.496 e. The fraction of sp³-hybridized carbons (Fsp3) is 0.345. The Morgan fingerprint density at radius 1 is 0.810 bits per heavy atom. The van der Waals surface area contributed by atoms with Gasteiger partial charge in [-0.25, -0.2) is 4.39 Å². The maximum atomic E-state index is 14.6. The minimum absolute atomic E-state index is 0.0172. The van der Waals surface area contributed by atoms with E-state index in [2.05, 4.69) is 5.16 Å². The lowest BCUT2D eigenvalue weighted by atomic mass is 9.89. The summed E-state index contributed by atoms with van der Waals surface area (Å²) in [4.78, 5) is 5.17. The number of halogens is 10. The minimum Gasteiger partial charge on any atom is -0.496 e. The summed E-state index contributed by atoms with van der Waals surface area (Å²) in [5.74, 6) is -0.811. The highest BCUT2D eigenvalue weighted by Crippen LogP contribution is 2.42. The highest BCUT2D eigenvalue weighted by Gasteiger charge is 2.39. The average molecular weight is 607 g/mol. The van der Waals surface area contributed by atoms with Gasteiger partial charge in [0.05, 0.1) is 29.5 Å². The summed E-state index contributed by atoms with van der Waals surface area (Å²) in [7, 11) is 1.26. The summed E-state index contributed by atoms with van der Waals surface area (Å²) in [5, 5.41) is 3.78. The van der Waals surface area contributed by atoms with Crippen LogP contribution in [0.15, 0.2) is 53.7 Å². The predicted molar refractivity (Wildman–Crippen MR) is 134 cm³/mol. The molecule has 0 radical (unpaired) electrons. The number of ether oxygens (including phenoxy) is 1. The van der Waals surface area contributed by atoms with Crippen molar-refractivity contribution in [3.05, 3.63) is 87.7 Å². The Bertz CT molecular complexity index is 1470. The maximum Gasteiger partial charge on any atom is 0.416 e. The highest BCUT2D eigenvalue weighted by atomic mass is 19.4. The topological polar surface area (TPSA) is 30.8 Å². The number of alkyl halides is 9. The molecular weight excluding hydrogens is 584 g/mol. The van der Waals surface area contributed by atoms with E-state index in [1.165, 1.54) is 19.2 Å². The van der Waals surface area contributed by atoms with Gasteiger partial charge in [-0.3, -0.25) is 0 Å². The summed E-state index contributed by atoms with van der Waals surface area (Å²) in [6.45, 7) is 3.45. The minimum atomic E-state index is -5.08. The van der Waals surface area contributed by atoms with E-state index in [0.29, 0.717) is 12.1 Å². The Morgan fingerprint density at radius 2 is 1.40 bits per heavy atom. The van der Waals surface area contributed by atoms with Crippen LogP contribution in [0.3, 0.4) is 0 Å². The Morgan fingerprint density at radius 3 is 1.93 bits per heavy atom. The quantitative estimate of drug-likeness (QED) is 0.261. The standard InChI is InChI=1S/C29H23F10NO2/c1-14(2)22-12-23(26(41-3)13-24(22)30)21-5-4-17(27(31,32)33)6-15(21)9-20-11-25(42-40-20)16-7-18(28(34,35)36)10-19(8-16)29(37,38)39/h4-8,10,12-14,25H,9,11H2,1-3H3/t25-/m0/s1. The number of oxime groups is 1. The predicted octanol–water partition coefficient (Wildman–Crippen LogP) is 9.74. The molecule has 0 fully saturated rings. The molecule has 0 saturated heterocycles. The van der Waals surface area contributed by atoms with Gasteiger partial charge < -0.3 is 9.57 Å². The van der Waals surface area contributed by atoms with Gasteiger partial charge in [0.1, 0.15) is 11.6 Å². The van der Waals surface area contributed by atoms with E-state index in [9.17, 15) is 43.9 Å². The molecule has 0 unspecified atom stereocenters. The molecule has 0 bridgehead atoms. The molecule has 3 aromatic rings. The fourth-order valence-electron chi connectivity index (χ4n) is 4.67. The van der Waals surface area contributed by atoms with Gasteiger partial charge in [0.15, 0.2) is 6.10 Å². The number of benzene rings is 3. The second-order valence-electron chi connectivity index (χ2n) is 10.1. The van der Waals surface area contributed by atoms with Gasteiger partial charge in [0.2, 0.25) is 0 Å². The van der Waals surface area contributed by atoms with Crippen LogP contribution >= 0.6 is 0 Å². The van der Waals surface area contributed by atoms with Gasteiger partial charge in [0.25, 0.3) is 0 Å². The van der Waals surface area contributed by atoms with Crippen molar-refractivity contribution in [2.45, 2.75) is 57.2 Å². The van der Waals surface area contributed by atoms with E-state index in [-0.39, 0.29) is 58.5 Å². The first-order chi connectivity index (χ1) is 19.4. The van der Waals surface area contributed by atoms with Crippen molar-refractivity contribution in [2.75, 3.05) is 7.11 Å². The van der Waals surface area contributed by atoms with Gasteiger partial charge in [0, 0.05) is 24.5 Å². The van der Waals surface area contributed by atoms with Crippen molar-refractivity contribution >= 4 is 5.71 Å². The molecule has 0 amide bonds. The van der Waals surface area contributed by atoms with Crippen LogP contribution < -0.4 is 4.74 Å². The van der Waals surface area contributed by atoms with Gasteiger partial charge in [-0.1, -0.05) is 25.1 Å². The summed E-state index contributed by atoms with van der Waals surface area (Å²) < 4.78 is 141. The summed E-state index contributed by atoms with van der Waals surface area (Å²) in [6.07, 6.45) is -16.8. The van der Waals surface area contributed by atoms with Crippen molar-refractivity contribution in [3.8, 4) is 16.9 Å². The summed E-state index contributed by atoms with van der Waals surface area (Å²) in [5.41, 5.74) is -3.56. The van der Waals surface area contributed by atoms with Crippen LogP contribution in [-0.4, -0.2) is 12.8 Å².